The maximum Gasteiger partial charge on any atom is 0.175 e. The third-order valence-electron chi connectivity index (χ3n) is 5.26. The summed E-state index contributed by atoms with van der Waals surface area (Å²) in [7, 11) is 0. The number of fused-ring (bicyclic) bond motifs is 5. The number of carbonyl (C=O) groups is 1. The monoisotopic (exact) mass is 411 g/mol. The van der Waals surface area contributed by atoms with E-state index >= 15 is 0 Å². The predicted molar refractivity (Wildman–Crippen MR) is 123 cm³/mol. The number of hydrogen-bond donors (Lipinski definition) is 0. The van der Waals surface area contributed by atoms with E-state index in [2.05, 4.69) is 23.5 Å². The van der Waals surface area contributed by atoms with Crippen molar-refractivity contribution in [3.63, 3.8) is 0 Å². The summed E-state index contributed by atoms with van der Waals surface area (Å²) in [6.07, 6.45) is 2.14. The van der Waals surface area contributed by atoms with E-state index in [1.807, 2.05) is 60.7 Å². The number of para-hydroxylation sites is 3. The Morgan fingerprint density at radius 2 is 1.63 bits per heavy atom. The van der Waals surface area contributed by atoms with Gasteiger partial charge in [-0.2, -0.15) is 0 Å². The average Bonchev–Trinajstić information content (AvgIpc) is 3.18. The van der Waals surface area contributed by atoms with E-state index in [-0.39, 0.29) is 5.78 Å². The van der Waals surface area contributed by atoms with Crippen molar-refractivity contribution in [3.8, 4) is 0 Å². The molecule has 0 spiro atoms. The lowest BCUT2D eigenvalue weighted by molar-refractivity contribution is 0.102. The first kappa shape index (κ1) is 18.8. The largest absolute Gasteiger partial charge is 0.293 e. The minimum absolute atomic E-state index is 0.107. The normalized spacial score (nSPS) is 11.5. The van der Waals surface area contributed by atoms with Gasteiger partial charge in [0.15, 0.2) is 10.9 Å². The average molecular weight is 412 g/mol. The number of aromatic nitrogens is 3. The molecule has 2 aromatic heterocycles. The third kappa shape index (κ3) is 3.35. The van der Waals surface area contributed by atoms with Crippen molar-refractivity contribution in [2.45, 2.75) is 24.9 Å². The fourth-order valence-corrected chi connectivity index (χ4v) is 4.67. The van der Waals surface area contributed by atoms with Gasteiger partial charge in [-0.1, -0.05) is 73.6 Å². The second-order valence-electron chi connectivity index (χ2n) is 7.33. The molecule has 148 valence electrons. The summed E-state index contributed by atoms with van der Waals surface area (Å²) in [6.45, 7) is 2.16. The van der Waals surface area contributed by atoms with Gasteiger partial charge in [0, 0.05) is 10.9 Å². The van der Waals surface area contributed by atoms with E-state index < -0.39 is 0 Å². The van der Waals surface area contributed by atoms with Crippen molar-refractivity contribution in [2.24, 2.45) is 0 Å². The van der Waals surface area contributed by atoms with E-state index in [4.69, 9.17) is 9.97 Å². The number of hydrogen-bond acceptors (Lipinski definition) is 4. The molecule has 0 amide bonds. The topological polar surface area (TPSA) is 47.3 Å². The van der Waals surface area contributed by atoms with Gasteiger partial charge in [0.25, 0.3) is 0 Å². The zero-order chi connectivity index (χ0) is 20.5. The van der Waals surface area contributed by atoms with Crippen LogP contribution >= 0.6 is 11.8 Å². The minimum atomic E-state index is 0.107. The first-order chi connectivity index (χ1) is 14.7. The van der Waals surface area contributed by atoms with Gasteiger partial charge in [0.2, 0.25) is 0 Å². The summed E-state index contributed by atoms with van der Waals surface area (Å²) < 4.78 is 2.07. The highest BCUT2D eigenvalue weighted by Crippen LogP contribution is 2.29. The fraction of sp³-hybridized carbons (Fsp3) is 0.160. The Bertz CT molecular complexity index is 1370. The van der Waals surface area contributed by atoms with E-state index in [1.165, 1.54) is 17.3 Å². The number of Topliss-reactive ketones (excluding diaryl/α,β-unsaturated/α-hetero) is 1. The van der Waals surface area contributed by atoms with Crippen LogP contribution in [-0.2, 0) is 6.42 Å². The summed E-state index contributed by atoms with van der Waals surface area (Å²) in [6, 6.07) is 24.0. The number of carbonyl (C=O) groups excluding carboxylic acids is 1. The Labute approximate surface area is 179 Å². The molecule has 0 aliphatic heterocycles. The van der Waals surface area contributed by atoms with Crippen LogP contribution in [0.15, 0.2) is 78.0 Å². The number of imidazole rings is 1. The van der Waals surface area contributed by atoms with Crippen molar-refractivity contribution in [3.05, 3.63) is 83.9 Å². The number of ketones is 1. The van der Waals surface area contributed by atoms with E-state index in [0.29, 0.717) is 5.75 Å². The highest BCUT2D eigenvalue weighted by molar-refractivity contribution is 7.99. The highest BCUT2D eigenvalue weighted by Gasteiger charge is 2.15. The Kier molecular flexibility index (Phi) is 4.97. The maximum absolute atomic E-state index is 12.8. The molecule has 5 rings (SSSR count). The minimum Gasteiger partial charge on any atom is -0.293 e. The SMILES string of the molecule is CCCc1ccc(C(=O)CSc2nc3ccccc3c3nc4ccccc4n23)cc1. The van der Waals surface area contributed by atoms with Crippen LogP contribution in [0.4, 0.5) is 0 Å². The van der Waals surface area contributed by atoms with Gasteiger partial charge in [-0.05, 0) is 36.2 Å². The van der Waals surface area contributed by atoms with Crippen molar-refractivity contribution in [1.29, 1.82) is 0 Å². The lowest BCUT2D eigenvalue weighted by Crippen LogP contribution is -2.05. The number of nitrogens with zero attached hydrogens (tertiary/aromatic N) is 3. The molecular formula is C25H21N3OS. The van der Waals surface area contributed by atoms with E-state index in [9.17, 15) is 4.79 Å². The molecule has 0 saturated heterocycles. The first-order valence-corrected chi connectivity index (χ1v) is 11.1. The molecule has 0 bridgehead atoms. The van der Waals surface area contributed by atoms with Gasteiger partial charge in [-0.3, -0.25) is 9.20 Å². The molecule has 5 heteroatoms. The standard InChI is InChI=1S/C25H21N3OS/c1-2-7-17-12-14-18(15-13-17)23(29)16-30-25-27-20-9-4-3-8-19(20)24-26-21-10-5-6-11-22(21)28(24)25/h3-6,8-15H,2,7,16H2,1H3. The van der Waals surface area contributed by atoms with Gasteiger partial charge >= 0.3 is 0 Å². The second kappa shape index (κ2) is 7.92. The van der Waals surface area contributed by atoms with Crippen LogP contribution in [-0.4, -0.2) is 25.9 Å². The Morgan fingerprint density at radius 3 is 2.43 bits per heavy atom. The van der Waals surface area contributed by atoms with Crippen LogP contribution in [0, 0.1) is 0 Å². The van der Waals surface area contributed by atoms with Gasteiger partial charge in [-0.25, -0.2) is 9.97 Å². The molecule has 4 nitrogen and oxygen atoms in total. The number of thioether (sulfide) groups is 1. The molecule has 30 heavy (non-hydrogen) atoms. The number of rotatable bonds is 6. The molecule has 2 heterocycles. The number of benzene rings is 3. The predicted octanol–water partition coefficient (Wildman–Crippen LogP) is 5.96. The van der Waals surface area contributed by atoms with Crippen molar-refractivity contribution >= 4 is 45.1 Å². The Morgan fingerprint density at radius 1 is 0.900 bits per heavy atom. The van der Waals surface area contributed by atoms with Gasteiger partial charge in [0.1, 0.15) is 5.65 Å². The fourth-order valence-electron chi connectivity index (χ4n) is 3.77. The van der Waals surface area contributed by atoms with Gasteiger partial charge < -0.3 is 0 Å². The lowest BCUT2D eigenvalue weighted by atomic mass is 10.1. The molecule has 0 aliphatic rings. The summed E-state index contributed by atoms with van der Waals surface area (Å²) in [5.74, 6) is 0.440. The molecule has 0 saturated carbocycles. The Balaban J connectivity index is 1.52. The zero-order valence-corrected chi connectivity index (χ0v) is 17.5. The summed E-state index contributed by atoms with van der Waals surface area (Å²) in [5, 5.41) is 1.80. The quantitative estimate of drug-likeness (QED) is 0.196. The van der Waals surface area contributed by atoms with Crippen LogP contribution in [0.5, 0.6) is 0 Å². The molecule has 0 radical (unpaired) electrons. The lowest BCUT2D eigenvalue weighted by Gasteiger charge is -2.08. The zero-order valence-electron chi connectivity index (χ0n) is 16.7. The molecule has 0 N–H and O–H groups in total. The second-order valence-corrected chi connectivity index (χ2v) is 8.27. The smallest absolute Gasteiger partial charge is 0.175 e. The molecule has 0 atom stereocenters. The maximum atomic E-state index is 12.8. The summed E-state index contributed by atoms with van der Waals surface area (Å²) in [4.78, 5) is 22.5. The first-order valence-electron chi connectivity index (χ1n) is 10.2. The molecule has 3 aromatic carbocycles. The molecular weight excluding hydrogens is 390 g/mol. The van der Waals surface area contributed by atoms with Crippen LogP contribution in [0.3, 0.4) is 0 Å². The molecule has 0 aliphatic carbocycles. The van der Waals surface area contributed by atoms with Crippen molar-refractivity contribution in [2.75, 3.05) is 5.75 Å². The molecule has 0 unspecified atom stereocenters. The van der Waals surface area contributed by atoms with Crippen LogP contribution in [0.1, 0.15) is 29.3 Å². The van der Waals surface area contributed by atoms with Crippen LogP contribution < -0.4 is 0 Å². The van der Waals surface area contributed by atoms with Crippen molar-refractivity contribution < 1.29 is 4.79 Å². The summed E-state index contributed by atoms with van der Waals surface area (Å²) >= 11 is 1.46. The van der Waals surface area contributed by atoms with Crippen LogP contribution in [0.25, 0.3) is 27.6 Å². The van der Waals surface area contributed by atoms with E-state index in [0.717, 1.165) is 51.1 Å². The van der Waals surface area contributed by atoms with Gasteiger partial charge in [-0.15, -0.1) is 0 Å². The Hall–Kier alpha value is -3.18. The molecule has 5 aromatic rings. The van der Waals surface area contributed by atoms with E-state index in [1.54, 1.807) is 0 Å². The number of aryl methyl sites for hydroxylation is 1. The van der Waals surface area contributed by atoms with Crippen LogP contribution in [0.2, 0.25) is 0 Å². The highest BCUT2D eigenvalue weighted by atomic mass is 32.2. The van der Waals surface area contributed by atoms with Crippen molar-refractivity contribution in [1.82, 2.24) is 14.4 Å². The van der Waals surface area contributed by atoms with Gasteiger partial charge in [0.05, 0.1) is 22.3 Å². The third-order valence-corrected chi connectivity index (χ3v) is 6.20. The summed E-state index contributed by atoms with van der Waals surface area (Å²) in [5.41, 5.74) is 5.71. The molecule has 0 fully saturated rings.